The average molecular weight is 317 g/mol. The first kappa shape index (κ1) is 16.0. The van der Waals surface area contributed by atoms with E-state index < -0.39 is 0 Å². The molecule has 0 radical (unpaired) electrons. The van der Waals surface area contributed by atoms with Gasteiger partial charge in [0.15, 0.2) is 11.6 Å². The summed E-state index contributed by atoms with van der Waals surface area (Å²) in [7, 11) is 0. The van der Waals surface area contributed by atoms with Gasteiger partial charge in [0.05, 0.1) is 0 Å². The lowest BCUT2D eigenvalue weighted by molar-refractivity contribution is -0.131. The molecule has 0 spiro atoms. The molecule has 2 saturated heterocycles. The molecule has 0 aliphatic carbocycles. The van der Waals surface area contributed by atoms with Gasteiger partial charge in [-0.25, -0.2) is 0 Å². The maximum Gasteiger partial charge on any atom is 0.222 e. The van der Waals surface area contributed by atoms with Crippen molar-refractivity contribution in [2.75, 3.05) is 49.1 Å². The average Bonchev–Trinajstić information content (AvgIpc) is 2.62. The lowest BCUT2D eigenvalue weighted by atomic mass is 9.99. The molecule has 6 heteroatoms. The van der Waals surface area contributed by atoms with E-state index in [0.29, 0.717) is 6.42 Å². The van der Waals surface area contributed by atoms with Crippen molar-refractivity contribution in [1.29, 1.82) is 0 Å². The minimum Gasteiger partial charge on any atom is -0.355 e. The predicted octanol–water partition coefficient (Wildman–Crippen LogP) is 1.77. The normalized spacial score (nSPS) is 20.0. The Hall–Kier alpha value is -1.85. The van der Waals surface area contributed by atoms with E-state index >= 15 is 0 Å². The summed E-state index contributed by atoms with van der Waals surface area (Å²) in [5, 5.41) is 8.84. The van der Waals surface area contributed by atoms with E-state index in [4.69, 9.17) is 0 Å². The summed E-state index contributed by atoms with van der Waals surface area (Å²) in [5.41, 5.74) is 0. The van der Waals surface area contributed by atoms with Crippen LogP contribution in [0.5, 0.6) is 0 Å². The molecular weight excluding hydrogens is 290 g/mol. The molecule has 2 aliphatic heterocycles. The van der Waals surface area contributed by atoms with Crippen LogP contribution >= 0.6 is 0 Å². The summed E-state index contributed by atoms with van der Waals surface area (Å²) in [4.78, 5) is 18.2. The lowest BCUT2D eigenvalue weighted by Gasteiger charge is -2.35. The fraction of sp³-hybridized carbons (Fsp3) is 0.706. The molecule has 1 aromatic heterocycles. The standard InChI is InChI=1S/C17H27N5O/c1-3-17(23)22-12-10-21(11-13-22)16-5-4-15(18-19-16)20-8-6-14(2)7-9-20/h4-5,14H,3,6-13H2,1-2H3. The quantitative estimate of drug-likeness (QED) is 0.850. The number of nitrogens with zero attached hydrogens (tertiary/aromatic N) is 5. The van der Waals surface area contributed by atoms with E-state index in [-0.39, 0.29) is 5.91 Å². The van der Waals surface area contributed by atoms with Crippen molar-refractivity contribution >= 4 is 17.5 Å². The van der Waals surface area contributed by atoms with E-state index in [2.05, 4.69) is 39.1 Å². The second-order valence-corrected chi connectivity index (χ2v) is 6.64. The molecule has 0 atom stereocenters. The monoisotopic (exact) mass is 317 g/mol. The van der Waals surface area contributed by atoms with Crippen LogP contribution in [0.3, 0.4) is 0 Å². The Kier molecular flexibility index (Phi) is 4.98. The minimum atomic E-state index is 0.241. The van der Waals surface area contributed by atoms with Crippen LogP contribution in [0.2, 0.25) is 0 Å². The summed E-state index contributed by atoms with van der Waals surface area (Å²) >= 11 is 0. The summed E-state index contributed by atoms with van der Waals surface area (Å²) in [6.45, 7) is 9.61. The highest BCUT2D eigenvalue weighted by molar-refractivity contribution is 5.76. The third-order valence-electron chi connectivity index (χ3n) is 5.00. The SMILES string of the molecule is CCC(=O)N1CCN(c2ccc(N3CCC(C)CC3)nn2)CC1. The zero-order chi connectivity index (χ0) is 16.2. The van der Waals surface area contributed by atoms with Crippen molar-refractivity contribution < 1.29 is 4.79 Å². The fourth-order valence-corrected chi connectivity index (χ4v) is 3.30. The smallest absolute Gasteiger partial charge is 0.222 e. The first-order chi connectivity index (χ1) is 11.2. The zero-order valence-electron chi connectivity index (χ0n) is 14.2. The highest BCUT2D eigenvalue weighted by Crippen LogP contribution is 2.22. The van der Waals surface area contributed by atoms with Gasteiger partial charge in [-0.1, -0.05) is 13.8 Å². The Morgan fingerprint density at radius 1 is 1.00 bits per heavy atom. The molecule has 0 aromatic carbocycles. The minimum absolute atomic E-state index is 0.241. The van der Waals surface area contributed by atoms with Crippen molar-refractivity contribution in [3.63, 3.8) is 0 Å². The molecule has 0 bridgehead atoms. The van der Waals surface area contributed by atoms with E-state index in [0.717, 1.165) is 56.8 Å². The first-order valence-electron chi connectivity index (χ1n) is 8.78. The van der Waals surface area contributed by atoms with E-state index in [1.165, 1.54) is 12.8 Å². The van der Waals surface area contributed by atoms with Gasteiger partial charge < -0.3 is 14.7 Å². The van der Waals surface area contributed by atoms with Gasteiger partial charge in [-0.15, -0.1) is 10.2 Å². The van der Waals surface area contributed by atoms with Crippen molar-refractivity contribution in [2.45, 2.75) is 33.1 Å². The first-order valence-corrected chi connectivity index (χ1v) is 8.78. The number of piperazine rings is 1. The molecule has 3 heterocycles. The van der Waals surface area contributed by atoms with Gasteiger partial charge in [0.25, 0.3) is 0 Å². The van der Waals surface area contributed by atoms with E-state index in [1.54, 1.807) is 0 Å². The van der Waals surface area contributed by atoms with Gasteiger partial charge in [0.2, 0.25) is 5.91 Å². The third kappa shape index (κ3) is 3.74. The van der Waals surface area contributed by atoms with Crippen LogP contribution in [0.4, 0.5) is 11.6 Å². The molecule has 2 aliphatic rings. The van der Waals surface area contributed by atoms with Gasteiger partial charge in [-0.3, -0.25) is 4.79 Å². The number of hydrogen-bond acceptors (Lipinski definition) is 5. The van der Waals surface area contributed by atoms with Crippen LogP contribution < -0.4 is 9.80 Å². The fourth-order valence-electron chi connectivity index (χ4n) is 3.30. The maximum absolute atomic E-state index is 11.7. The largest absolute Gasteiger partial charge is 0.355 e. The van der Waals surface area contributed by atoms with Crippen LogP contribution in [0.1, 0.15) is 33.1 Å². The van der Waals surface area contributed by atoms with Crippen molar-refractivity contribution in [3.8, 4) is 0 Å². The highest BCUT2D eigenvalue weighted by atomic mass is 16.2. The van der Waals surface area contributed by atoms with Gasteiger partial charge >= 0.3 is 0 Å². The van der Waals surface area contributed by atoms with Crippen molar-refractivity contribution in [3.05, 3.63) is 12.1 Å². The zero-order valence-corrected chi connectivity index (χ0v) is 14.2. The molecule has 126 valence electrons. The Morgan fingerprint density at radius 3 is 2.00 bits per heavy atom. The predicted molar refractivity (Wildman–Crippen MR) is 91.7 cm³/mol. The number of anilines is 2. The number of rotatable bonds is 3. The van der Waals surface area contributed by atoms with Crippen molar-refractivity contribution in [1.82, 2.24) is 15.1 Å². The topological polar surface area (TPSA) is 52.6 Å². The molecular formula is C17H27N5O. The maximum atomic E-state index is 11.7. The molecule has 6 nitrogen and oxygen atoms in total. The molecule has 1 aromatic rings. The van der Waals surface area contributed by atoms with Crippen LogP contribution in [0, 0.1) is 5.92 Å². The second-order valence-electron chi connectivity index (χ2n) is 6.64. The number of aromatic nitrogens is 2. The highest BCUT2D eigenvalue weighted by Gasteiger charge is 2.22. The summed E-state index contributed by atoms with van der Waals surface area (Å²) in [6.07, 6.45) is 3.05. The Bertz CT molecular complexity index is 516. The number of carbonyl (C=O) groups is 1. The number of piperidine rings is 1. The van der Waals surface area contributed by atoms with Gasteiger partial charge in [0.1, 0.15) is 0 Å². The number of amides is 1. The summed E-state index contributed by atoms with van der Waals surface area (Å²) in [5.74, 6) is 2.97. The van der Waals surface area contributed by atoms with Crippen molar-refractivity contribution in [2.24, 2.45) is 5.92 Å². The number of hydrogen-bond donors (Lipinski definition) is 0. The van der Waals surface area contributed by atoms with Gasteiger partial charge in [-0.05, 0) is 30.9 Å². The van der Waals surface area contributed by atoms with Gasteiger partial charge in [0, 0.05) is 45.7 Å². The molecule has 23 heavy (non-hydrogen) atoms. The number of carbonyl (C=O) groups excluding carboxylic acids is 1. The van der Waals surface area contributed by atoms with Crippen LogP contribution in [0.25, 0.3) is 0 Å². The van der Waals surface area contributed by atoms with Crippen LogP contribution in [0.15, 0.2) is 12.1 Å². The molecule has 0 unspecified atom stereocenters. The van der Waals surface area contributed by atoms with Crippen LogP contribution in [-0.2, 0) is 4.79 Å². The van der Waals surface area contributed by atoms with Gasteiger partial charge in [-0.2, -0.15) is 0 Å². The Morgan fingerprint density at radius 2 is 1.52 bits per heavy atom. The molecule has 0 N–H and O–H groups in total. The second kappa shape index (κ2) is 7.15. The third-order valence-corrected chi connectivity index (χ3v) is 5.00. The molecule has 3 rings (SSSR count). The molecule has 1 amide bonds. The van der Waals surface area contributed by atoms with E-state index in [1.807, 2.05) is 11.8 Å². The lowest BCUT2D eigenvalue weighted by Crippen LogP contribution is -2.48. The van der Waals surface area contributed by atoms with Crippen LogP contribution in [-0.4, -0.2) is 60.3 Å². The molecule has 0 saturated carbocycles. The Balaban J connectivity index is 1.57. The van der Waals surface area contributed by atoms with E-state index in [9.17, 15) is 4.79 Å². The summed E-state index contributed by atoms with van der Waals surface area (Å²) in [6, 6.07) is 4.15. The Labute approximate surface area is 138 Å². The summed E-state index contributed by atoms with van der Waals surface area (Å²) < 4.78 is 0. The molecule has 2 fully saturated rings.